The van der Waals surface area contributed by atoms with Gasteiger partial charge in [-0.1, -0.05) is 23.7 Å². The Labute approximate surface area is 268 Å². The normalized spacial score (nSPS) is 17.6. The van der Waals surface area contributed by atoms with Gasteiger partial charge in [0.1, 0.15) is 12.2 Å². The van der Waals surface area contributed by atoms with Crippen LogP contribution in [0.5, 0.6) is 5.88 Å². The Balaban J connectivity index is 1.07. The van der Waals surface area contributed by atoms with E-state index >= 15 is 0 Å². The summed E-state index contributed by atoms with van der Waals surface area (Å²) >= 11 is 6.12. The van der Waals surface area contributed by atoms with Crippen molar-refractivity contribution in [2.45, 2.75) is 44.8 Å². The number of hydrogen-bond donors (Lipinski definition) is 2. The maximum absolute atomic E-state index is 14.6. The van der Waals surface area contributed by atoms with Gasteiger partial charge in [-0.15, -0.1) is 0 Å². The number of nitrogens with zero attached hydrogens (tertiary/aromatic N) is 2. The molecule has 6 rings (SSSR count). The molecule has 4 aromatic rings. The highest BCUT2D eigenvalue weighted by Crippen LogP contribution is 2.33. The lowest BCUT2D eigenvalue weighted by molar-refractivity contribution is -0.117. The molecule has 1 saturated heterocycles. The first-order chi connectivity index (χ1) is 22.3. The predicted molar refractivity (Wildman–Crippen MR) is 167 cm³/mol. The molecule has 2 aromatic carbocycles. The molecule has 2 N–H and O–H groups in total. The van der Waals surface area contributed by atoms with Crippen molar-refractivity contribution in [1.82, 2.24) is 9.97 Å². The van der Waals surface area contributed by atoms with Gasteiger partial charge in [-0.05, 0) is 61.4 Å². The maximum Gasteiger partial charge on any atom is 0.337 e. The number of benzene rings is 2. The first-order valence-corrected chi connectivity index (χ1v) is 15.2. The average Bonchev–Trinajstić information content (AvgIpc) is 3.44. The minimum atomic E-state index is -0.786. The Hall–Kier alpha value is -4.55. The van der Waals surface area contributed by atoms with E-state index < -0.39 is 17.8 Å². The first-order valence-electron chi connectivity index (χ1n) is 14.9. The molecular weight excluding hydrogens is 622 g/mol. The zero-order valence-electron chi connectivity index (χ0n) is 24.9. The number of ether oxygens (including phenoxy) is 3. The van der Waals surface area contributed by atoms with Gasteiger partial charge in [-0.25, -0.2) is 9.78 Å². The molecule has 3 heterocycles. The van der Waals surface area contributed by atoms with Gasteiger partial charge in [-0.3, -0.25) is 4.79 Å². The summed E-state index contributed by atoms with van der Waals surface area (Å²) in [6, 6.07) is 8.55. The number of methoxy groups -OCH3 is 1. The fourth-order valence-corrected chi connectivity index (χ4v) is 5.64. The van der Waals surface area contributed by atoms with E-state index in [1.54, 1.807) is 30.3 Å². The number of carbonyl (C=O) groups excluding carboxylic acids is 2. The number of aromatic nitrogens is 2. The number of nitrogens with one attached hydrogen (secondary N) is 2. The van der Waals surface area contributed by atoms with Crippen LogP contribution in [0, 0.1) is 17.7 Å². The zero-order chi connectivity index (χ0) is 32.2. The largest absolute Gasteiger partial charge is 0.470 e. The van der Waals surface area contributed by atoms with Crippen molar-refractivity contribution >= 4 is 51.4 Å². The molecule has 2 aliphatic rings. The number of halogens is 3. The molecule has 1 unspecified atom stereocenters. The number of rotatable bonds is 11. The van der Waals surface area contributed by atoms with Crippen molar-refractivity contribution in [3.8, 4) is 5.88 Å². The molecule has 0 spiro atoms. The maximum atomic E-state index is 14.6. The van der Waals surface area contributed by atoms with Crippen LogP contribution < -0.4 is 15.4 Å². The average molecular weight is 653 g/mol. The van der Waals surface area contributed by atoms with Crippen LogP contribution in [0.4, 0.5) is 20.2 Å². The number of fused-ring (bicyclic) bond motifs is 1. The Morgan fingerprint density at radius 2 is 1.98 bits per heavy atom. The molecule has 1 amide bonds. The van der Waals surface area contributed by atoms with E-state index in [2.05, 4.69) is 20.6 Å². The molecule has 46 heavy (non-hydrogen) atoms. The third-order valence-electron chi connectivity index (χ3n) is 8.07. The number of furan rings is 1. The summed E-state index contributed by atoms with van der Waals surface area (Å²) in [7, 11) is 1.32. The monoisotopic (exact) mass is 652 g/mol. The van der Waals surface area contributed by atoms with Crippen molar-refractivity contribution < 1.29 is 37.0 Å². The van der Waals surface area contributed by atoms with Gasteiger partial charge in [0.25, 0.3) is 11.9 Å². The van der Waals surface area contributed by atoms with E-state index in [0.717, 1.165) is 24.8 Å². The number of allylic oxidation sites excluding steroid dienone is 2. The molecule has 10 nitrogen and oxygen atoms in total. The van der Waals surface area contributed by atoms with E-state index in [9.17, 15) is 18.4 Å². The summed E-state index contributed by atoms with van der Waals surface area (Å²) in [5, 5.41) is 6.96. The van der Waals surface area contributed by atoms with Gasteiger partial charge in [0.15, 0.2) is 5.82 Å². The van der Waals surface area contributed by atoms with E-state index in [1.165, 1.54) is 13.2 Å². The number of hydrogen-bond acceptors (Lipinski definition) is 9. The fraction of sp³-hybridized carbons (Fsp3) is 0.333. The van der Waals surface area contributed by atoms with Gasteiger partial charge in [0.05, 0.1) is 41.4 Å². The van der Waals surface area contributed by atoms with E-state index in [1.807, 2.05) is 6.08 Å². The Kier molecular flexibility index (Phi) is 9.46. The number of amides is 1. The van der Waals surface area contributed by atoms with Crippen LogP contribution in [0.1, 0.15) is 53.8 Å². The topological polar surface area (TPSA) is 125 Å². The summed E-state index contributed by atoms with van der Waals surface area (Å²) in [4.78, 5) is 33.5. The molecule has 0 saturated carbocycles. The molecule has 0 bridgehead atoms. The van der Waals surface area contributed by atoms with Crippen molar-refractivity contribution in [1.29, 1.82) is 0 Å². The SMILES string of the molecule is COC(=O)c1ccc(NC(=O)CC2CC=C(c3ncc(F)c(OCc4ccc(Cl)c5cc(F)oc45)n3)CC2)c(NC[C@@H]2CCO2)c1. The van der Waals surface area contributed by atoms with E-state index in [-0.39, 0.29) is 42.4 Å². The lowest BCUT2D eigenvalue weighted by Gasteiger charge is -2.27. The number of anilines is 2. The van der Waals surface area contributed by atoms with Crippen LogP contribution in [0.3, 0.4) is 0 Å². The molecule has 0 radical (unpaired) electrons. The summed E-state index contributed by atoms with van der Waals surface area (Å²) in [5.41, 5.74) is 3.07. The second kappa shape index (κ2) is 13.8. The van der Waals surface area contributed by atoms with E-state index in [4.69, 9.17) is 30.2 Å². The lowest BCUT2D eigenvalue weighted by atomic mass is 9.87. The predicted octanol–water partition coefficient (Wildman–Crippen LogP) is 6.93. The number of esters is 1. The highest BCUT2D eigenvalue weighted by molar-refractivity contribution is 6.35. The summed E-state index contributed by atoms with van der Waals surface area (Å²) < 4.78 is 49.3. The summed E-state index contributed by atoms with van der Waals surface area (Å²) in [5.74, 6) is -1.19. The van der Waals surface area contributed by atoms with Crippen molar-refractivity contribution in [2.75, 3.05) is 30.9 Å². The van der Waals surface area contributed by atoms with Gasteiger partial charge < -0.3 is 29.3 Å². The molecule has 2 aromatic heterocycles. The minimum Gasteiger partial charge on any atom is -0.470 e. The summed E-state index contributed by atoms with van der Waals surface area (Å²) in [6.45, 7) is 1.15. The van der Waals surface area contributed by atoms with Crippen molar-refractivity contribution in [3.63, 3.8) is 0 Å². The Morgan fingerprint density at radius 3 is 2.72 bits per heavy atom. The van der Waals surface area contributed by atoms with Gasteiger partial charge in [-0.2, -0.15) is 13.8 Å². The van der Waals surface area contributed by atoms with Gasteiger partial charge in [0, 0.05) is 36.6 Å². The third-order valence-corrected chi connectivity index (χ3v) is 8.40. The molecule has 1 aliphatic heterocycles. The fourth-order valence-electron chi connectivity index (χ4n) is 5.44. The summed E-state index contributed by atoms with van der Waals surface area (Å²) in [6.07, 6.45) is 6.24. The second-order valence-electron chi connectivity index (χ2n) is 11.2. The van der Waals surface area contributed by atoms with Crippen LogP contribution in [0.25, 0.3) is 16.5 Å². The van der Waals surface area contributed by atoms with Crippen LogP contribution in [0.15, 0.2) is 53.1 Å². The van der Waals surface area contributed by atoms with Gasteiger partial charge in [0.2, 0.25) is 11.7 Å². The quantitative estimate of drug-likeness (QED) is 0.166. The smallest absolute Gasteiger partial charge is 0.337 e. The van der Waals surface area contributed by atoms with E-state index in [0.29, 0.717) is 64.5 Å². The second-order valence-corrected chi connectivity index (χ2v) is 11.6. The highest BCUT2D eigenvalue weighted by Gasteiger charge is 2.23. The van der Waals surface area contributed by atoms with Crippen molar-refractivity contribution in [2.24, 2.45) is 5.92 Å². The number of carbonyl (C=O) groups is 2. The van der Waals surface area contributed by atoms with Crippen LogP contribution >= 0.6 is 11.6 Å². The molecule has 2 atom stereocenters. The molecule has 1 fully saturated rings. The third kappa shape index (κ3) is 7.13. The minimum absolute atomic E-state index is 0.0788. The zero-order valence-corrected chi connectivity index (χ0v) is 25.7. The standard InChI is InChI=1S/C33H31ClF2N4O6/c1-43-33(42)20-7-9-26(27(13-20)37-15-22-10-11-44-22)39-29(41)12-18-2-4-19(5-3-18)31-38-16-25(35)32(40-31)45-17-21-6-8-24(34)23-14-28(36)46-30(21)23/h4,6-9,13-14,16,18,22,37H,2-3,5,10-12,15,17H2,1H3,(H,39,41)/t18?,22-/m0/s1. The highest BCUT2D eigenvalue weighted by atomic mass is 35.5. The lowest BCUT2D eigenvalue weighted by Crippen LogP contribution is -2.33. The van der Waals surface area contributed by atoms with Crippen LogP contribution in [-0.2, 0) is 20.9 Å². The Bertz CT molecular complexity index is 1810. The Morgan fingerprint density at radius 1 is 1.13 bits per heavy atom. The van der Waals surface area contributed by atoms with Crippen LogP contribution in [-0.4, -0.2) is 48.2 Å². The molecular formula is C33H31ClF2N4O6. The van der Waals surface area contributed by atoms with Crippen molar-refractivity contribution in [3.05, 3.63) is 82.5 Å². The molecule has 240 valence electrons. The van der Waals surface area contributed by atoms with Crippen LogP contribution in [0.2, 0.25) is 5.02 Å². The first kappa shape index (κ1) is 31.4. The van der Waals surface area contributed by atoms with Gasteiger partial charge >= 0.3 is 5.97 Å². The molecule has 13 heteroatoms. The molecule has 1 aliphatic carbocycles.